The fraction of sp³-hybridized carbons (Fsp3) is 0.0488. The third kappa shape index (κ3) is 4.37. The van der Waals surface area contributed by atoms with E-state index in [0.717, 1.165) is 62.5 Å². The number of rotatable bonds is 4. The lowest BCUT2D eigenvalue weighted by Crippen LogP contribution is -2.33. The second-order valence-electron chi connectivity index (χ2n) is 11.5. The van der Waals surface area contributed by atoms with E-state index in [1.807, 2.05) is 18.2 Å². The number of thiophene rings is 1. The van der Waals surface area contributed by atoms with Crippen molar-refractivity contribution in [3.05, 3.63) is 149 Å². The lowest BCUT2D eigenvalue weighted by Gasteiger charge is -2.17. The zero-order valence-corrected chi connectivity index (χ0v) is 25.3. The van der Waals surface area contributed by atoms with Crippen molar-refractivity contribution in [3.63, 3.8) is 0 Å². The number of para-hydroxylation sites is 1. The van der Waals surface area contributed by atoms with Crippen LogP contribution in [0, 0.1) is 0 Å². The van der Waals surface area contributed by atoms with Crippen LogP contribution in [0.3, 0.4) is 0 Å². The van der Waals surface area contributed by atoms with E-state index in [9.17, 15) is 0 Å². The average Bonchev–Trinajstić information content (AvgIpc) is 3.50. The van der Waals surface area contributed by atoms with Gasteiger partial charge in [0.05, 0.1) is 27.1 Å². The highest BCUT2D eigenvalue weighted by Gasteiger charge is 2.18. The molecule has 212 valence electrons. The third-order valence-corrected chi connectivity index (χ3v) is 9.95. The monoisotopic (exact) mass is 593 g/mol. The first-order valence-electron chi connectivity index (χ1n) is 15.3. The molecule has 0 N–H and O–H groups in total. The van der Waals surface area contributed by atoms with Crippen molar-refractivity contribution in [3.8, 4) is 33.9 Å². The minimum Gasteiger partial charge on any atom is -0.247 e. The summed E-state index contributed by atoms with van der Waals surface area (Å²) in [5.41, 5.74) is 9.97. The normalized spacial score (nSPS) is 12.8. The summed E-state index contributed by atoms with van der Waals surface area (Å²) < 4.78 is 2.35. The Bertz CT molecular complexity index is 2520. The first kappa shape index (κ1) is 26.0. The van der Waals surface area contributed by atoms with Crippen molar-refractivity contribution in [2.24, 2.45) is 0 Å². The average molecular weight is 594 g/mol. The molecule has 0 radical (unpaired) electrons. The maximum absolute atomic E-state index is 5.18. The van der Waals surface area contributed by atoms with Crippen LogP contribution in [0.4, 0.5) is 0 Å². The fourth-order valence-corrected chi connectivity index (χ4v) is 7.83. The molecule has 0 saturated heterocycles. The van der Waals surface area contributed by atoms with E-state index in [2.05, 4.69) is 121 Å². The number of fused-ring (bicyclic) bond motifs is 6. The molecule has 3 nitrogen and oxygen atoms in total. The van der Waals surface area contributed by atoms with Crippen LogP contribution in [0.25, 0.3) is 76.8 Å². The molecule has 0 saturated carbocycles. The Morgan fingerprint density at radius 3 is 1.96 bits per heavy atom. The molecular formula is C41H27N3S. The summed E-state index contributed by atoms with van der Waals surface area (Å²) in [4.78, 5) is 15.4. The molecule has 0 fully saturated rings. The molecule has 0 spiro atoms. The third-order valence-electron chi connectivity index (χ3n) is 8.78. The van der Waals surface area contributed by atoms with Gasteiger partial charge < -0.3 is 0 Å². The van der Waals surface area contributed by atoms with Crippen molar-refractivity contribution in [2.75, 3.05) is 0 Å². The van der Waals surface area contributed by atoms with Crippen LogP contribution in [-0.4, -0.2) is 15.0 Å². The van der Waals surface area contributed by atoms with Crippen molar-refractivity contribution in [2.45, 2.75) is 12.8 Å². The van der Waals surface area contributed by atoms with Crippen LogP contribution in [0.1, 0.15) is 18.4 Å². The van der Waals surface area contributed by atoms with E-state index in [0.29, 0.717) is 0 Å². The van der Waals surface area contributed by atoms with Crippen molar-refractivity contribution in [1.29, 1.82) is 0 Å². The lowest BCUT2D eigenvalue weighted by molar-refractivity contribution is 1.08. The van der Waals surface area contributed by atoms with E-state index >= 15 is 0 Å². The highest BCUT2D eigenvalue weighted by atomic mass is 32.1. The van der Waals surface area contributed by atoms with Gasteiger partial charge in [-0.05, 0) is 41.3 Å². The molecule has 9 rings (SSSR count). The van der Waals surface area contributed by atoms with Gasteiger partial charge in [-0.1, -0.05) is 127 Å². The Hall–Kier alpha value is -5.45. The van der Waals surface area contributed by atoms with Crippen LogP contribution in [0.2, 0.25) is 0 Å². The molecule has 1 aliphatic rings. The number of hydrogen-bond acceptors (Lipinski definition) is 4. The van der Waals surface area contributed by atoms with E-state index in [-0.39, 0.29) is 0 Å². The van der Waals surface area contributed by atoms with Gasteiger partial charge in [0.1, 0.15) is 0 Å². The second kappa shape index (κ2) is 10.6. The minimum atomic E-state index is 0.754. The van der Waals surface area contributed by atoms with Crippen molar-refractivity contribution >= 4 is 54.2 Å². The zero-order chi connectivity index (χ0) is 29.7. The highest BCUT2D eigenvalue weighted by molar-refractivity contribution is 7.26. The number of aromatic nitrogens is 3. The first-order chi connectivity index (χ1) is 22.3. The Morgan fingerprint density at radius 1 is 0.511 bits per heavy atom. The highest BCUT2D eigenvalue weighted by Crippen LogP contribution is 2.39. The maximum Gasteiger partial charge on any atom is 0.160 e. The molecule has 0 aliphatic heterocycles. The number of pyridine rings is 1. The summed E-state index contributed by atoms with van der Waals surface area (Å²) in [6.45, 7) is 0. The standard InChI is InChI=1S/C41H27N3S/c1-3-12-27(13-4-1)37-33-19-11-18-30(36(33)31-16-7-9-20-34(31)42-37)26-22-24-28(25-23-26)38-40-39(32-17-8-10-21-35(32)45-40)44-41(43-38)29-14-5-2-6-15-29/h1-10,12-17,19-25H,11,18H2. The molecule has 3 aromatic heterocycles. The number of nitrogens with zero attached hydrogens (tertiary/aromatic N) is 3. The summed E-state index contributed by atoms with van der Waals surface area (Å²) in [5, 5.41) is 4.92. The molecule has 3 heterocycles. The predicted molar refractivity (Wildman–Crippen MR) is 188 cm³/mol. The van der Waals surface area contributed by atoms with Gasteiger partial charge in [-0.15, -0.1) is 11.3 Å². The quantitative estimate of drug-likeness (QED) is 0.204. The Balaban J connectivity index is 1.26. The molecule has 4 heteroatoms. The van der Waals surface area contributed by atoms with Crippen LogP contribution < -0.4 is 10.4 Å². The summed E-state index contributed by atoms with van der Waals surface area (Å²) in [5.74, 6) is 0.754. The fourth-order valence-electron chi connectivity index (χ4n) is 6.67. The van der Waals surface area contributed by atoms with Gasteiger partial charge in [-0.2, -0.15) is 0 Å². The predicted octanol–water partition coefficient (Wildman–Crippen LogP) is 9.17. The van der Waals surface area contributed by atoms with Crippen LogP contribution in [0.15, 0.2) is 133 Å². The summed E-state index contributed by atoms with van der Waals surface area (Å²) in [6.07, 6.45) is 4.35. The molecule has 0 bridgehead atoms. The molecule has 1 aliphatic carbocycles. The molecule has 45 heavy (non-hydrogen) atoms. The molecule has 0 atom stereocenters. The molecular weight excluding hydrogens is 567 g/mol. The number of hydrogen-bond donors (Lipinski definition) is 0. The van der Waals surface area contributed by atoms with Gasteiger partial charge in [0, 0.05) is 37.4 Å². The Kier molecular flexibility index (Phi) is 6.13. The van der Waals surface area contributed by atoms with Crippen molar-refractivity contribution < 1.29 is 0 Å². The van der Waals surface area contributed by atoms with Gasteiger partial charge in [-0.25, -0.2) is 15.0 Å². The smallest absolute Gasteiger partial charge is 0.160 e. The van der Waals surface area contributed by atoms with Crippen LogP contribution in [0.5, 0.6) is 0 Å². The van der Waals surface area contributed by atoms with Gasteiger partial charge >= 0.3 is 0 Å². The summed E-state index contributed by atoms with van der Waals surface area (Å²) in [6, 6.07) is 47.0. The summed E-state index contributed by atoms with van der Waals surface area (Å²) in [7, 11) is 0. The first-order valence-corrected chi connectivity index (χ1v) is 16.2. The maximum atomic E-state index is 5.18. The van der Waals surface area contributed by atoms with Crippen molar-refractivity contribution in [1.82, 2.24) is 15.0 Å². The lowest BCUT2D eigenvalue weighted by atomic mass is 9.90. The van der Waals surface area contributed by atoms with Crippen LogP contribution in [-0.2, 0) is 0 Å². The van der Waals surface area contributed by atoms with E-state index in [1.54, 1.807) is 11.3 Å². The molecule has 0 amide bonds. The van der Waals surface area contributed by atoms with Crippen LogP contribution >= 0.6 is 11.3 Å². The molecule has 5 aromatic carbocycles. The molecule has 0 unspecified atom stereocenters. The van der Waals surface area contributed by atoms with Gasteiger partial charge in [-0.3, -0.25) is 0 Å². The van der Waals surface area contributed by atoms with Gasteiger partial charge in [0.15, 0.2) is 5.82 Å². The Morgan fingerprint density at radius 2 is 1.16 bits per heavy atom. The Labute approximate surface area is 264 Å². The second-order valence-corrected chi connectivity index (χ2v) is 12.5. The van der Waals surface area contributed by atoms with E-state index in [1.165, 1.54) is 37.0 Å². The van der Waals surface area contributed by atoms with E-state index in [4.69, 9.17) is 15.0 Å². The SMILES string of the molecule is C1=c2c(-c3ccccc3)nc3ccccc3c2=C(c2ccc(-c3nc(-c4ccccc4)nc4c3sc3ccccc34)cc2)CC1. The largest absolute Gasteiger partial charge is 0.247 e. The number of benzene rings is 5. The topological polar surface area (TPSA) is 38.7 Å². The molecule has 8 aromatic rings. The van der Waals surface area contributed by atoms with Gasteiger partial charge in [0.2, 0.25) is 0 Å². The summed E-state index contributed by atoms with van der Waals surface area (Å²) >= 11 is 1.77. The van der Waals surface area contributed by atoms with Gasteiger partial charge in [0.25, 0.3) is 0 Å². The zero-order valence-electron chi connectivity index (χ0n) is 24.4. The van der Waals surface area contributed by atoms with E-state index < -0.39 is 0 Å². The minimum absolute atomic E-state index is 0.754.